The van der Waals surface area contributed by atoms with Crippen LogP contribution in [0, 0.1) is 18.8 Å². The Morgan fingerprint density at radius 3 is 2.48 bits per heavy atom. The molecule has 3 heterocycles. The summed E-state index contributed by atoms with van der Waals surface area (Å²) in [6, 6.07) is 4.94. The summed E-state index contributed by atoms with van der Waals surface area (Å²) in [5.41, 5.74) is 1.27. The number of sulfonamides is 1. The van der Waals surface area contributed by atoms with Crippen LogP contribution in [0.5, 0.6) is 0 Å². The first-order valence-electron chi connectivity index (χ1n) is 10.6. The lowest BCUT2D eigenvalue weighted by molar-refractivity contribution is 0.0666. The average Bonchev–Trinajstić information content (AvgIpc) is 3.04. The lowest BCUT2D eigenvalue weighted by Crippen LogP contribution is -2.39. The van der Waals surface area contributed by atoms with Gasteiger partial charge in [-0.25, -0.2) is 8.42 Å². The van der Waals surface area contributed by atoms with Gasteiger partial charge in [-0.05, 0) is 62.6 Å². The fourth-order valence-corrected chi connectivity index (χ4v) is 6.06. The Labute approximate surface area is 172 Å². The minimum absolute atomic E-state index is 0.0973. The van der Waals surface area contributed by atoms with Crippen LogP contribution in [0.25, 0.3) is 11.0 Å². The van der Waals surface area contributed by atoms with Crippen LogP contribution in [-0.4, -0.2) is 49.7 Å². The molecule has 2 saturated heterocycles. The first-order chi connectivity index (χ1) is 13.8. The zero-order chi connectivity index (χ0) is 20.8. The summed E-state index contributed by atoms with van der Waals surface area (Å²) in [7, 11) is -3.54. The number of aryl methyl sites for hydroxylation is 1. The molecule has 0 radical (unpaired) electrons. The molecule has 158 valence electrons. The minimum atomic E-state index is -3.54. The second-order valence-corrected chi connectivity index (χ2v) is 10.7. The number of carbonyl (C=O) groups is 1. The third-order valence-electron chi connectivity index (χ3n) is 6.43. The first kappa shape index (κ1) is 20.4. The summed E-state index contributed by atoms with van der Waals surface area (Å²) in [5, 5.41) is 0.699. The quantitative estimate of drug-likeness (QED) is 0.754. The van der Waals surface area contributed by atoms with Gasteiger partial charge in [0.05, 0.1) is 4.90 Å². The van der Waals surface area contributed by atoms with Gasteiger partial charge in [0.1, 0.15) is 5.58 Å². The molecule has 2 aliphatic heterocycles. The van der Waals surface area contributed by atoms with Crippen LogP contribution >= 0.6 is 0 Å². The Balaban J connectivity index is 1.65. The molecular formula is C22H30N2O4S. The van der Waals surface area contributed by atoms with Crippen molar-refractivity contribution in [1.29, 1.82) is 0 Å². The average molecular weight is 419 g/mol. The number of hydrogen-bond acceptors (Lipinski definition) is 4. The molecule has 2 aliphatic rings. The van der Waals surface area contributed by atoms with Gasteiger partial charge in [-0.2, -0.15) is 4.31 Å². The molecular weight excluding hydrogens is 388 g/mol. The predicted molar refractivity (Wildman–Crippen MR) is 112 cm³/mol. The molecule has 29 heavy (non-hydrogen) atoms. The van der Waals surface area contributed by atoms with Gasteiger partial charge < -0.3 is 9.32 Å². The van der Waals surface area contributed by atoms with E-state index in [1.165, 1.54) is 0 Å². The van der Waals surface area contributed by atoms with E-state index in [9.17, 15) is 13.2 Å². The Morgan fingerprint density at radius 2 is 1.79 bits per heavy atom. The highest BCUT2D eigenvalue weighted by atomic mass is 32.2. The van der Waals surface area contributed by atoms with Crippen molar-refractivity contribution in [1.82, 2.24) is 9.21 Å². The van der Waals surface area contributed by atoms with Crippen LogP contribution in [-0.2, 0) is 10.0 Å². The summed E-state index contributed by atoms with van der Waals surface area (Å²) in [6.45, 7) is 8.73. The second-order valence-electron chi connectivity index (χ2n) is 8.80. The van der Waals surface area contributed by atoms with Gasteiger partial charge in [-0.15, -0.1) is 0 Å². The topological polar surface area (TPSA) is 70.8 Å². The van der Waals surface area contributed by atoms with Gasteiger partial charge in [0.2, 0.25) is 10.0 Å². The molecule has 0 saturated carbocycles. The summed E-state index contributed by atoms with van der Waals surface area (Å²) in [5.74, 6) is 1.24. The number of likely N-dealkylation sites (tertiary alicyclic amines) is 1. The van der Waals surface area contributed by atoms with Crippen molar-refractivity contribution in [3.63, 3.8) is 0 Å². The summed E-state index contributed by atoms with van der Waals surface area (Å²) >= 11 is 0. The highest BCUT2D eigenvalue weighted by molar-refractivity contribution is 7.89. The minimum Gasteiger partial charge on any atom is -0.451 e. The molecule has 1 aromatic heterocycles. The Hall–Kier alpha value is -1.86. The zero-order valence-corrected chi connectivity index (χ0v) is 18.3. The molecule has 1 aromatic carbocycles. The summed E-state index contributed by atoms with van der Waals surface area (Å²) in [4.78, 5) is 15.1. The number of hydrogen-bond donors (Lipinski definition) is 0. The van der Waals surface area contributed by atoms with E-state index < -0.39 is 10.0 Å². The van der Waals surface area contributed by atoms with Crippen molar-refractivity contribution in [2.24, 2.45) is 11.8 Å². The monoisotopic (exact) mass is 418 g/mol. The van der Waals surface area contributed by atoms with Crippen molar-refractivity contribution in [2.45, 2.75) is 51.3 Å². The van der Waals surface area contributed by atoms with Gasteiger partial charge >= 0.3 is 0 Å². The van der Waals surface area contributed by atoms with Gasteiger partial charge in [0.15, 0.2) is 5.76 Å². The van der Waals surface area contributed by atoms with Gasteiger partial charge in [-0.1, -0.05) is 13.8 Å². The standard InChI is InChI=1S/C22H30N2O4S/c1-15-8-11-23(12-9-15)22(25)21-17(3)19-13-18(6-7-20(19)28-21)29(26,27)24-10-4-5-16(2)14-24/h6-7,13,15-16H,4-5,8-12,14H2,1-3H3. The summed E-state index contributed by atoms with van der Waals surface area (Å²) in [6.07, 6.45) is 3.95. The molecule has 1 atom stereocenters. The number of furan rings is 1. The molecule has 2 aromatic rings. The lowest BCUT2D eigenvalue weighted by atomic mass is 9.99. The lowest BCUT2D eigenvalue weighted by Gasteiger charge is -2.30. The van der Waals surface area contributed by atoms with Crippen molar-refractivity contribution in [3.8, 4) is 0 Å². The Morgan fingerprint density at radius 1 is 1.07 bits per heavy atom. The fraction of sp³-hybridized carbons (Fsp3) is 0.591. The highest BCUT2D eigenvalue weighted by Crippen LogP contribution is 2.31. The Bertz CT molecular complexity index is 1020. The molecule has 2 fully saturated rings. The molecule has 4 rings (SSSR count). The van der Waals surface area contributed by atoms with E-state index in [4.69, 9.17) is 4.42 Å². The summed E-state index contributed by atoms with van der Waals surface area (Å²) < 4.78 is 33.7. The largest absolute Gasteiger partial charge is 0.451 e. The maximum atomic E-state index is 13.1. The second kappa shape index (κ2) is 7.76. The van der Waals surface area contributed by atoms with Crippen molar-refractivity contribution >= 4 is 26.9 Å². The van der Waals surface area contributed by atoms with E-state index in [0.29, 0.717) is 47.2 Å². The van der Waals surface area contributed by atoms with Crippen molar-refractivity contribution < 1.29 is 17.6 Å². The molecule has 0 N–H and O–H groups in total. The molecule has 0 aliphatic carbocycles. The number of amides is 1. The number of piperidine rings is 2. The highest BCUT2D eigenvalue weighted by Gasteiger charge is 2.30. The third-order valence-corrected chi connectivity index (χ3v) is 8.29. The molecule has 0 bridgehead atoms. The molecule has 6 nitrogen and oxygen atoms in total. The number of benzene rings is 1. The van der Waals surface area contributed by atoms with Crippen LogP contribution in [0.15, 0.2) is 27.5 Å². The van der Waals surface area contributed by atoms with Gasteiger partial charge in [0.25, 0.3) is 5.91 Å². The van der Waals surface area contributed by atoms with Gasteiger partial charge in [0, 0.05) is 37.1 Å². The van der Waals surface area contributed by atoms with Gasteiger partial charge in [-0.3, -0.25) is 4.79 Å². The van der Waals surface area contributed by atoms with Crippen LogP contribution in [0.3, 0.4) is 0 Å². The van der Waals surface area contributed by atoms with Crippen molar-refractivity contribution in [2.75, 3.05) is 26.2 Å². The van der Waals surface area contributed by atoms with E-state index in [0.717, 1.165) is 38.8 Å². The molecule has 7 heteroatoms. The maximum Gasteiger partial charge on any atom is 0.289 e. The van der Waals surface area contributed by atoms with E-state index in [1.54, 1.807) is 22.5 Å². The first-order valence-corrected chi connectivity index (χ1v) is 12.0. The van der Waals surface area contributed by atoms with Crippen LogP contribution in [0.4, 0.5) is 0 Å². The smallest absolute Gasteiger partial charge is 0.289 e. The normalized spacial score (nSPS) is 22.3. The van der Waals surface area contributed by atoms with E-state index >= 15 is 0 Å². The van der Waals surface area contributed by atoms with Crippen LogP contribution in [0.1, 0.15) is 55.6 Å². The van der Waals surface area contributed by atoms with E-state index in [-0.39, 0.29) is 10.8 Å². The maximum absolute atomic E-state index is 13.1. The van der Waals surface area contributed by atoms with Crippen LogP contribution < -0.4 is 0 Å². The zero-order valence-electron chi connectivity index (χ0n) is 17.5. The van der Waals surface area contributed by atoms with Crippen molar-refractivity contribution in [3.05, 3.63) is 29.5 Å². The fourth-order valence-electron chi connectivity index (χ4n) is 4.43. The number of rotatable bonds is 3. The van der Waals surface area contributed by atoms with E-state index in [2.05, 4.69) is 13.8 Å². The van der Waals surface area contributed by atoms with E-state index in [1.807, 2.05) is 11.8 Å². The SMILES string of the molecule is Cc1c(C(=O)N2CCC(C)CC2)oc2ccc(S(=O)(=O)N3CCCC(C)C3)cc12. The van der Waals surface area contributed by atoms with Crippen LogP contribution in [0.2, 0.25) is 0 Å². The Kier molecular flexibility index (Phi) is 5.46. The number of carbonyl (C=O) groups excluding carboxylic acids is 1. The molecule has 0 spiro atoms. The molecule has 1 unspecified atom stereocenters. The third kappa shape index (κ3) is 3.82. The number of nitrogens with zero attached hydrogens (tertiary/aromatic N) is 2. The predicted octanol–water partition coefficient (Wildman–Crippen LogP) is 4.03. The number of fused-ring (bicyclic) bond motifs is 1. The molecule has 1 amide bonds.